The molecule has 0 radical (unpaired) electrons. The van der Waals surface area contributed by atoms with Crippen LogP contribution in [0.25, 0.3) is 10.9 Å². The Hall–Kier alpha value is -1.39. The zero-order valence-corrected chi connectivity index (χ0v) is 11.2. The minimum atomic E-state index is 0.0775. The lowest BCUT2D eigenvalue weighted by Crippen LogP contribution is -2.34. The number of anilines is 1. The van der Waals surface area contributed by atoms with Crippen LogP contribution in [0, 0.1) is 0 Å². The smallest absolute Gasteiger partial charge is 0.224 e. The first-order valence-corrected chi connectivity index (χ1v) is 6.31. The van der Waals surface area contributed by atoms with Gasteiger partial charge in [-0.2, -0.15) is 4.98 Å². The number of fused-ring (bicyclic) bond motifs is 1. The van der Waals surface area contributed by atoms with Crippen LogP contribution in [0.5, 0.6) is 0 Å². The summed E-state index contributed by atoms with van der Waals surface area (Å²) in [5.41, 5.74) is 0.816. The van der Waals surface area contributed by atoms with Crippen molar-refractivity contribution in [3.63, 3.8) is 0 Å². The number of halogens is 1. The van der Waals surface area contributed by atoms with E-state index in [-0.39, 0.29) is 17.9 Å². The third-order valence-corrected chi connectivity index (χ3v) is 2.96. The van der Waals surface area contributed by atoms with E-state index >= 15 is 0 Å². The molecule has 0 spiro atoms. The van der Waals surface area contributed by atoms with Crippen LogP contribution in [-0.2, 0) is 0 Å². The van der Waals surface area contributed by atoms with E-state index in [1.165, 1.54) is 0 Å². The lowest BCUT2D eigenvalue weighted by atomic mass is 10.2. The Morgan fingerprint density at radius 1 is 1.28 bits per heavy atom. The average molecular weight is 266 g/mol. The maximum absolute atomic E-state index is 9.17. The molecule has 0 aliphatic heterocycles. The van der Waals surface area contributed by atoms with Crippen molar-refractivity contribution in [2.24, 2.45) is 0 Å². The van der Waals surface area contributed by atoms with Gasteiger partial charge in [0.25, 0.3) is 0 Å². The summed E-state index contributed by atoms with van der Waals surface area (Å²) in [7, 11) is 0. The van der Waals surface area contributed by atoms with Crippen molar-refractivity contribution in [2.75, 3.05) is 18.1 Å². The molecule has 4 nitrogen and oxygen atoms in total. The molecule has 0 fully saturated rings. The number of hydrogen-bond donors (Lipinski definition) is 1. The molecule has 0 saturated carbocycles. The number of nitrogens with zero attached hydrogens (tertiary/aromatic N) is 3. The number of aliphatic hydroxyl groups is 1. The van der Waals surface area contributed by atoms with Crippen LogP contribution >= 0.6 is 11.6 Å². The number of benzene rings is 1. The van der Waals surface area contributed by atoms with E-state index in [0.717, 1.165) is 16.7 Å². The number of hydrogen-bond acceptors (Lipinski definition) is 4. The molecular formula is C13H16ClN3O. The van der Waals surface area contributed by atoms with Gasteiger partial charge in [-0.1, -0.05) is 12.1 Å². The van der Waals surface area contributed by atoms with E-state index in [9.17, 15) is 5.11 Å². The largest absolute Gasteiger partial charge is 0.395 e. The molecule has 1 N–H and O–H groups in total. The summed E-state index contributed by atoms with van der Waals surface area (Å²) in [6, 6.07) is 7.96. The molecule has 0 saturated heterocycles. The van der Waals surface area contributed by atoms with Gasteiger partial charge in [0.15, 0.2) is 0 Å². The highest BCUT2D eigenvalue weighted by molar-refractivity contribution is 6.28. The maximum atomic E-state index is 9.17. The van der Waals surface area contributed by atoms with Crippen molar-refractivity contribution in [1.82, 2.24) is 9.97 Å². The SMILES string of the molecule is CC(C)N(CCO)c1nc(Cl)nc2ccccc12. The van der Waals surface area contributed by atoms with Crippen LogP contribution in [0.4, 0.5) is 5.82 Å². The molecule has 2 rings (SSSR count). The summed E-state index contributed by atoms with van der Waals surface area (Å²) in [5, 5.41) is 10.3. The fraction of sp³-hybridized carbons (Fsp3) is 0.385. The van der Waals surface area contributed by atoms with Gasteiger partial charge in [0, 0.05) is 18.0 Å². The summed E-state index contributed by atoms with van der Waals surface area (Å²) in [6.07, 6.45) is 0. The summed E-state index contributed by atoms with van der Waals surface area (Å²) < 4.78 is 0. The van der Waals surface area contributed by atoms with Crippen LogP contribution < -0.4 is 4.90 Å². The summed E-state index contributed by atoms with van der Waals surface area (Å²) >= 11 is 5.96. The summed E-state index contributed by atoms with van der Waals surface area (Å²) in [4.78, 5) is 10.5. The van der Waals surface area contributed by atoms with E-state index in [1.54, 1.807) is 0 Å². The van der Waals surface area contributed by atoms with Gasteiger partial charge in [-0.05, 0) is 37.6 Å². The second kappa shape index (κ2) is 5.50. The lowest BCUT2D eigenvalue weighted by molar-refractivity contribution is 0.299. The molecule has 0 atom stereocenters. The number of aromatic nitrogens is 2. The Morgan fingerprint density at radius 3 is 2.67 bits per heavy atom. The Morgan fingerprint density at radius 2 is 2.00 bits per heavy atom. The molecule has 18 heavy (non-hydrogen) atoms. The third-order valence-electron chi connectivity index (χ3n) is 2.79. The highest BCUT2D eigenvalue weighted by atomic mass is 35.5. The van der Waals surface area contributed by atoms with Crippen LogP contribution in [0.3, 0.4) is 0 Å². The lowest BCUT2D eigenvalue weighted by Gasteiger charge is -2.28. The number of rotatable bonds is 4. The van der Waals surface area contributed by atoms with Crippen molar-refractivity contribution in [3.8, 4) is 0 Å². The molecule has 2 aromatic rings. The molecule has 0 unspecified atom stereocenters. The second-order valence-corrected chi connectivity index (χ2v) is 4.68. The van der Waals surface area contributed by atoms with Crippen LogP contribution in [0.1, 0.15) is 13.8 Å². The van der Waals surface area contributed by atoms with Crippen LogP contribution in [0.15, 0.2) is 24.3 Å². The first-order valence-electron chi connectivity index (χ1n) is 5.93. The molecule has 96 valence electrons. The molecule has 1 heterocycles. The average Bonchev–Trinajstić information content (AvgIpc) is 2.34. The van der Waals surface area contributed by atoms with Gasteiger partial charge < -0.3 is 10.0 Å². The molecule has 1 aromatic carbocycles. The van der Waals surface area contributed by atoms with Crippen molar-refractivity contribution in [2.45, 2.75) is 19.9 Å². The topological polar surface area (TPSA) is 49.2 Å². The standard InChI is InChI=1S/C13H16ClN3O/c1-9(2)17(7-8-18)12-10-5-3-4-6-11(10)15-13(14)16-12/h3-6,9,18H,7-8H2,1-2H3. The van der Waals surface area contributed by atoms with Gasteiger partial charge in [0.2, 0.25) is 5.28 Å². The Kier molecular flexibility index (Phi) is 3.99. The molecule has 1 aromatic heterocycles. The quantitative estimate of drug-likeness (QED) is 0.863. The van der Waals surface area contributed by atoms with Gasteiger partial charge in [-0.3, -0.25) is 0 Å². The van der Waals surface area contributed by atoms with Crippen molar-refractivity contribution in [1.29, 1.82) is 0 Å². The van der Waals surface area contributed by atoms with E-state index in [2.05, 4.69) is 23.8 Å². The zero-order chi connectivity index (χ0) is 13.1. The molecule has 0 bridgehead atoms. The highest BCUT2D eigenvalue weighted by Gasteiger charge is 2.16. The fourth-order valence-corrected chi connectivity index (χ4v) is 2.14. The predicted octanol–water partition coefficient (Wildman–Crippen LogP) is 2.49. The maximum Gasteiger partial charge on any atom is 0.224 e. The van der Waals surface area contributed by atoms with Gasteiger partial charge in [-0.25, -0.2) is 4.98 Å². The third kappa shape index (κ3) is 2.54. The van der Waals surface area contributed by atoms with E-state index in [4.69, 9.17) is 11.6 Å². The van der Waals surface area contributed by atoms with Crippen molar-refractivity contribution < 1.29 is 5.11 Å². The van der Waals surface area contributed by atoms with Gasteiger partial charge in [-0.15, -0.1) is 0 Å². The Labute approximate surface area is 111 Å². The zero-order valence-electron chi connectivity index (χ0n) is 10.5. The molecule has 0 aliphatic carbocycles. The van der Waals surface area contributed by atoms with Gasteiger partial charge in [0.1, 0.15) is 5.82 Å². The monoisotopic (exact) mass is 265 g/mol. The molecule has 5 heteroatoms. The normalized spacial score (nSPS) is 11.2. The van der Waals surface area contributed by atoms with Crippen molar-refractivity contribution in [3.05, 3.63) is 29.5 Å². The number of aliphatic hydroxyl groups excluding tert-OH is 1. The highest BCUT2D eigenvalue weighted by Crippen LogP contribution is 2.26. The molecular weight excluding hydrogens is 250 g/mol. The molecule has 0 aliphatic rings. The summed E-state index contributed by atoms with van der Waals surface area (Å²) in [6.45, 7) is 4.71. The first kappa shape index (κ1) is 13.1. The van der Waals surface area contributed by atoms with E-state index < -0.39 is 0 Å². The fourth-order valence-electron chi connectivity index (χ4n) is 1.97. The van der Waals surface area contributed by atoms with Crippen molar-refractivity contribution >= 4 is 28.3 Å². The van der Waals surface area contributed by atoms with Gasteiger partial charge >= 0.3 is 0 Å². The molecule has 0 amide bonds. The minimum absolute atomic E-state index is 0.0775. The predicted molar refractivity (Wildman–Crippen MR) is 74.1 cm³/mol. The minimum Gasteiger partial charge on any atom is -0.395 e. The first-order chi connectivity index (χ1) is 8.63. The van der Waals surface area contributed by atoms with Crippen LogP contribution in [-0.4, -0.2) is 34.3 Å². The van der Waals surface area contributed by atoms with E-state index in [0.29, 0.717) is 6.54 Å². The van der Waals surface area contributed by atoms with E-state index in [1.807, 2.05) is 29.2 Å². The summed E-state index contributed by atoms with van der Waals surface area (Å²) in [5.74, 6) is 0.773. The van der Waals surface area contributed by atoms with Crippen LogP contribution in [0.2, 0.25) is 5.28 Å². The second-order valence-electron chi connectivity index (χ2n) is 4.34. The van der Waals surface area contributed by atoms with Gasteiger partial charge in [0.05, 0.1) is 12.1 Å². The Balaban J connectivity index is 2.60. The number of para-hydroxylation sites is 1. The Bertz CT molecular complexity index is 545.